The first kappa shape index (κ1) is 14.7. The van der Waals surface area contributed by atoms with Gasteiger partial charge in [0.2, 0.25) is 10.0 Å². The lowest BCUT2D eigenvalue weighted by Gasteiger charge is -2.17. The number of hydrogen-bond acceptors (Lipinski definition) is 3. The third-order valence-electron chi connectivity index (χ3n) is 3.46. The molecule has 0 aliphatic carbocycles. The van der Waals surface area contributed by atoms with E-state index in [-0.39, 0.29) is 0 Å². The normalized spacial score (nSPS) is 12.1. The third kappa shape index (κ3) is 2.76. The molecule has 0 N–H and O–H groups in total. The van der Waals surface area contributed by atoms with Crippen LogP contribution in [0, 0.1) is 13.8 Å². The molecule has 6 heteroatoms. The van der Waals surface area contributed by atoms with E-state index in [9.17, 15) is 8.42 Å². The van der Waals surface area contributed by atoms with E-state index in [2.05, 4.69) is 5.10 Å². The Kier molecular flexibility index (Phi) is 3.96. The predicted octanol–water partition coefficient (Wildman–Crippen LogP) is 1.86. The second kappa shape index (κ2) is 5.38. The highest BCUT2D eigenvalue weighted by molar-refractivity contribution is 7.89. The van der Waals surface area contributed by atoms with Crippen molar-refractivity contribution >= 4 is 10.0 Å². The Labute approximate surface area is 119 Å². The van der Waals surface area contributed by atoms with Gasteiger partial charge in [-0.3, -0.25) is 4.68 Å². The molecule has 1 heterocycles. The van der Waals surface area contributed by atoms with Gasteiger partial charge in [-0.2, -0.15) is 9.40 Å². The molecule has 108 valence electrons. The highest BCUT2D eigenvalue weighted by Gasteiger charge is 2.21. The molecule has 2 aromatic rings. The SMILES string of the molecule is Cc1ccc(S(=O)(=O)N(C)Cc2cnn(C)c2C)cc1. The molecule has 0 spiro atoms. The van der Waals surface area contributed by atoms with Crippen LogP contribution < -0.4 is 0 Å². The van der Waals surface area contributed by atoms with Crippen molar-refractivity contribution in [3.05, 3.63) is 47.3 Å². The summed E-state index contributed by atoms with van der Waals surface area (Å²) < 4.78 is 28.0. The Morgan fingerprint density at radius 2 is 1.80 bits per heavy atom. The maximum Gasteiger partial charge on any atom is 0.243 e. The van der Waals surface area contributed by atoms with Gasteiger partial charge < -0.3 is 0 Å². The molecule has 0 unspecified atom stereocenters. The predicted molar refractivity (Wildman–Crippen MR) is 77.8 cm³/mol. The van der Waals surface area contributed by atoms with Gasteiger partial charge in [-0.15, -0.1) is 0 Å². The molecule has 5 nitrogen and oxygen atoms in total. The molecule has 2 rings (SSSR count). The van der Waals surface area contributed by atoms with Gasteiger partial charge in [0.25, 0.3) is 0 Å². The number of aromatic nitrogens is 2. The largest absolute Gasteiger partial charge is 0.273 e. The summed E-state index contributed by atoms with van der Waals surface area (Å²) in [6.45, 7) is 4.17. The first-order chi connectivity index (χ1) is 9.32. The molecule has 0 radical (unpaired) electrons. The minimum Gasteiger partial charge on any atom is -0.273 e. The lowest BCUT2D eigenvalue weighted by atomic mass is 10.2. The van der Waals surface area contributed by atoms with Gasteiger partial charge >= 0.3 is 0 Å². The van der Waals surface area contributed by atoms with Crippen molar-refractivity contribution in [3.8, 4) is 0 Å². The minimum atomic E-state index is -3.47. The Morgan fingerprint density at radius 1 is 1.20 bits per heavy atom. The molecule has 0 aliphatic rings. The first-order valence-electron chi connectivity index (χ1n) is 6.33. The highest BCUT2D eigenvalue weighted by Crippen LogP contribution is 2.18. The van der Waals surface area contributed by atoms with Crippen molar-refractivity contribution in [2.24, 2.45) is 7.05 Å². The maximum absolute atomic E-state index is 12.5. The Hall–Kier alpha value is -1.66. The summed E-state index contributed by atoms with van der Waals surface area (Å²) in [5, 5.41) is 4.13. The summed E-state index contributed by atoms with van der Waals surface area (Å²) in [4.78, 5) is 0.312. The smallest absolute Gasteiger partial charge is 0.243 e. The van der Waals surface area contributed by atoms with Crippen molar-refractivity contribution in [2.45, 2.75) is 25.3 Å². The van der Waals surface area contributed by atoms with E-state index < -0.39 is 10.0 Å². The Balaban J connectivity index is 2.25. The van der Waals surface area contributed by atoms with Crippen LogP contribution in [0.25, 0.3) is 0 Å². The molecule has 0 atom stereocenters. The fourth-order valence-electron chi connectivity index (χ4n) is 1.91. The van der Waals surface area contributed by atoms with Crippen LogP contribution in [0.5, 0.6) is 0 Å². The monoisotopic (exact) mass is 293 g/mol. The van der Waals surface area contributed by atoms with Gasteiger partial charge in [0, 0.05) is 31.9 Å². The zero-order valence-electron chi connectivity index (χ0n) is 12.2. The molecular formula is C14H19N3O2S. The lowest BCUT2D eigenvalue weighted by Crippen LogP contribution is -2.26. The second-order valence-corrected chi connectivity index (χ2v) is 7.00. The molecule has 0 saturated carbocycles. The summed E-state index contributed by atoms with van der Waals surface area (Å²) in [6.07, 6.45) is 1.70. The van der Waals surface area contributed by atoms with Crippen LogP contribution in [0.4, 0.5) is 0 Å². The maximum atomic E-state index is 12.5. The lowest BCUT2D eigenvalue weighted by molar-refractivity contribution is 0.465. The molecule has 20 heavy (non-hydrogen) atoms. The standard InChI is InChI=1S/C14H19N3O2S/c1-11-5-7-14(8-6-11)20(18,19)16(3)10-13-9-15-17(4)12(13)2/h5-9H,10H2,1-4H3. The number of benzene rings is 1. The molecule has 0 saturated heterocycles. The molecule has 1 aromatic heterocycles. The zero-order valence-corrected chi connectivity index (χ0v) is 13.0. The van der Waals surface area contributed by atoms with Gasteiger partial charge in [0.05, 0.1) is 11.1 Å². The Bertz CT molecular complexity index is 703. The molecule has 0 fully saturated rings. The first-order valence-corrected chi connectivity index (χ1v) is 7.77. The van der Waals surface area contributed by atoms with Gasteiger partial charge in [-0.25, -0.2) is 8.42 Å². The van der Waals surface area contributed by atoms with Crippen molar-refractivity contribution in [1.29, 1.82) is 0 Å². The van der Waals surface area contributed by atoms with E-state index >= 15 is 0 Å². The van der Waals surface area contributed by atoms with E-state index in [1.165, 1.54) is 4.31 Å². The number of sulfonamides is 1. The van der Waals surface area contributed by atoms with Crippen molar-refractivity contribution in [3.63, 3.8) is 0 Å². The van der Waals surface area contributed by atoms with Crippen LogP contribution in [0.1, 0.15) is 16.8 Å². The molecule has 0 amide bonds. The molecular weight excluding hydrogens is 274 g/mol. The van der Waals surface area contributed by atoms with Crippen molar-refractivity contribution in [2.75, 3.05) is 7.05 Å². The molecule has 0 aliphatic heterocycles. The number of aryl methyl sites for hydroxylation is 2. The number of rotatable bonds is 4. The quantitative estimate of drug-likeness (QED) is 0.864. The summed E-state index contributed by atoms with van der Waals surface area (Å²) in [5.41, 5.74) is 2.91. The summed E-state index contributed by atoms with van der Waals surface area (Å²) in [7, 11) is -0.0396. The van der Waals surface area contributed by atoms with Gasteiger partial charge in [-0.1, -0.05) is 17.7 Å². The van der Waals surface area contributed by atoms with Crippen LogP contribution in [-0.2, 0) is 23.6 Å². The zero-order chi connectivity index (χ0) is 14.9. The van der Waals surface area contributed by atoms with Crippen LogP contribution >= 0.6 is 0 Å². The van der Waals surface area contributed by atoms with Crippen LogP contribution in [0.15, 0.2) is 35.4 Å². The van der Waals surface area contributed by atoms with Crippen molar-refractivity contribution in [1.82, 2.24) is 14.1 Å². The van der Waals surface area contributed by atoms with Gasteiger partial charge in [-0.05, 0) is 26.0 Å². The summed E-state index contributed by atoms with van der Waals surface area (Å²) in [6, 6.07) is 6.88. The van der Waals surface area contributed by atoms with E-state index in [1.54, 1.807) is 42.2 Å². The van der Waals surface area contributed by atoms with Gasteiger partial charge in [0.15, 0.2) is 0 Å². The van der Waals surface area contributed by atoms with E-state index in [1.807, 2.05) is 20.9 Å². The number of nitrogens with zero attached hydrogens (tertiary/aromatic N) is 3. The van der Waals surface area contributed by atoms with Crippen LogP contribution in [0.2, 0.25) is 0 Å². The number of hydrogen-bond donors (Lipinski definition) is 0. The van der Waals surface area contributed by atoms with Gasteiger partial charge in [0.1, 0.15) is 0 Å². The summed E-state index contributed by atoms with van der Waals surface area (Å²) in [5.74, 6) is 0. The minimum absolute atomic E-state index is 0.312. The van der Waals surface area contributed by atoms with E-state index in [4.69, 9.17) is 0 Å². The molecule has 1 aromatic carbocycles. The van der Waals surface area contributed by atoms with Crippen LogP contribution in [0.3, 0.4) is 0 Å². The second-order valence-electron chi connectivity index (χ2n) is 4.95. The Morgan fingerprint density at radius 3 is 2.30 bits per heavy atom. The topological polar surface area (TPSA) is 55.2 Å². The van der Waals surface area contributed by atoms with Crippen LogP contribution in [-0.4, -0.2) is 29.6 Å². The third-order valence-corrected chi connectivity index (χ3v) is 5.28. The average molecular weight is 293 g/mol. The van der Waals surface area contributed by atoms with Crippen molar-refractivity contribution < 1.29 is 8.42 Å². The highest BCUT2D eigenvalue weighted by atomic mass is 32.2. The molecule has 0 bridgehead atoms. The van der Waals surface area contributed by atoms with E-state index in [0.717, 1.165) is 16.8 Å². The fraction of sp³-hybridized carbons (Fsp3) is 0.357. The summed E-state index contributed by atoms with van der Waals surface area (Å²) >= 11 is 0. The average Bonchev–Trinajstić information content (AvgIpc) is 2.71. The van der Waals surface area contributed by atoms with E-state index in [0.29, 0.717) is 11.4 Å². The fourth-order valence-corrected chi connectivity index (χ4v) is 3.06.